The molecule has 0 aliphatic heterocycles. The van der Waals surface area contributed by atoms with Crippen LogP contribution in [0.2, 0.25) is 0 Å². The Morgan fingerprint density at radius 2 is 2.17 bits per heavy atom. The molecular formula is C10H21N5O2S. The molecule has 0 spiro atoms. The van der Waals surface area contributed by atoms with Crippen molar-refractivity contribution in [2.75, 3.05) is 25.4 Å². The van der Waals surface area contributed by atoms with Crippen molar-refractivity contribution in [2.24, 2.45) is 0 Å². The number of sulfonamides is 1. The summed E-state index contributed by atoms with van der Waals surface area (Å²) in [4.78, 5) is 3.92. The summed E-state index contributed by atoms with van der Waals surface area (Å²) in [6, 6.07) is 0. The molecule has 1 rings (SSSR count). The van der Waals surface area contributed by atoms with Crippen molar-refractivity contribution >= 4 is 10.0 Å². The standard InChI is InChI=1S/C10H21N5O2S/c1-2-11-6-3-4-8-18(16,17)14-7-5-10-12-9-13-15-10/h9,11,14H,2-8H2,1H3,(H,12,13,15). The number of aromatic nitrogens is 3. The number of hydrogen-bond donors (Lipinski definition) is 3. The zero-order chi connectivity index (χ0) is 13.3. The third-order valence-electron chi connectivity index (χ3n) is 2.42. The zero-order valence-corrected chi connectivity index (χ0v) is 11.5. The molecule has 0 aromatic carbocycles. The minimum Gasteiger partial charge on any atom is -0.317 e. The Morgan fingerprint density at radius 1 is 1.33 bits per heavy atom. The van der Waals surface area contributed by atoms with Crippen LogP contribution in [-0.2, 0) is 16.4 Å². The fraction of sp³-hybridized carbons (Fsp3) is 0.800. The Labute approximate surface area is 108 Å². The van der Waals surface area contributed by atoms with E-state index >= 15 is 0 Å². The van der Waals surface area contributed by atoms with Gasteiger partial charge in [0.25, 0.3) is 0 Å². The molecule has 1 heterocycles. The molecule has 18 heavy (non-hydrogen) atoms. The molecule has 7 nitrogen and oxygen atoms in total. The van der Waals surface area contributed by atoms with Gasteiger partial charge in [0.2, 0.25) is 10.0 Å². The van der Waals surface area contributed by atoms with Crippen LogP contribution >= 0.6 is 0 Å². The Morgan fingerprint density at radius 3 is 2.83 bits per heavy atom. The molecule has 0 fully saturated rings. The molecule has 0 saturated heterocycles. The molecular weight excluding hydrogens is 254 g/mol. The largest absolute Gasteiger partial charge is 0.317 e. The van der Waals surface area contributed by atoms with Crippen LogP contribution < -0.4 is 10.0 Å². The van der Waals surface area contributed by atoms with E-state index in [1.54, 1.807) is 0 Å². The molecule has 104 valence electrons. The number of unbranched alkanes of at least 4 members (excludes halogenated alkanes) is 1. The van der Waals surface area contributed by atoms with Crippen molar-refractivity contribution in [2.45, 2.75) is 26.2 Å². The first-order valence-electron chi connectivity index (χ1n) is 6.16. The lowest BCUT2D eigenvalue weighted by Gasteiger charge is -2.06. The van der Waals surface area contributed by atoms with Gasteiger partial charge in [0.1, 0.15) is 12.2 Å². The maximum atomic E-state index is 11.6. The fourth-order valence-electron chi connectivity index (χ4n) is 1.47. The molecule has 0 unspecified atom stereocenters. The Kier molecular flexibility index (Phi) is 6.84. The lowest BCUT2D eigenvalue weighted by Crippen LogP contribution is -2.29. The van der Waals surface area contributed by atoms with Gasteiger partial charge in [0.05, 0.1) is 5.75 Å². The molecule has 0 atom stereocenters. The van der Waals surface area contributed by atoms with Gasteiger partial charge in [0, 0.05) is 13.0 Å². The van der Waals surface area contributed by atoms with E-state index in [1.165, 1.54) is 6.33 Å². The third kappa shape index (κ3) is 6.67. The van der Waals surface area contributed by atoms with Gasteiger partial charge < -0.3 is 5.32 Å². The molecule has 1 aromatic heterocycles. The summed E-state index contributed by atoms with van der Waals surface area (Å²) in [7, 11) is -3.16. The Hall–Kier alpha value is -0.990. The van der Waals surface area contributed by atoms with Crippen LogP contribution in [0.3, 0.4) is 0 Å². The lowest BCUT2D eigenvalue weighted by atomic mass is 10.3. The van der Waals surface area contributed by atoms with Crippen LogP contribution in [0.1, 0.15) is 25.6 Å². The molecule has 0 amide bonds. The van der Waals surface area contributed by atoms with E-state index in [1.807, 2.05) is 6.92 Å². The Bertz CT molecular complexity index is 404. The van der Waals surface area contributed by atoms with E-state index in [-0.39, 0.29) is 5.75 Å². The molecule has 0 radical (unpaired) electrons. The van der Waals surface area contributed by atoms with Crippen molar-refractivity contribution in [3.8, 4) is 0 Å². The maximum Gasteiger partial charge on any atom is 0.211 e. The van der Waals surface area contributed by atoms with Crippen molar-refractivity contribution in [1.29, 1.82) is 0 Å². The van der Waals surface area contributed by atoms with Gasteiger partial charge in [-0.15, -0.1) is 0 Å². The Balaban J connectivity index is 2.11. The second kappa shape index (κ2) is 8.17. The first kappa shape index (κ1) is 15.1. The molecule has 0 aliphatic rings. The minimum atomic E-state index is -3.16. The van der Waals surface area contributed by atoms with Gasteiger partial charge in [0.15, 0.2) is 0 Å². The molecule has 8 heteroatoms. The summed E-state index contributed by atoms with van der Waals surface area (Å²) >= 11 is 0. The fourth-order valence-corrected chi connectivity index (χ4v) is 2.61. The van der Waals surface area contributed by atoms with Crippen LogP contribution in [0.25, 0.3) is 0 Å². The molecule has 0 aliphatic carbocycles. The topological polar surface area (TPSA) is 99.8 Å². The highest BCUT2D eigenvalue weighted by molar-refractivity contribution is 7.89. The monoisotopic (exact) mass is 275 g/mol. The minimum absolute atomic E-state index is 0.175. The number of aromatic amines is 1. The first-order valence-corrected chi connectivity index (χ1v) is 7.81. The van der Waals surface area contributed by atoms with Crippen LogP contribution in [0.15, 0.2) is 6.33 Å². The van der Waals surface area contributed by atoms with Crippen molar-refractivity contribution < 1.29 is 8.42 Å². The summed E-state index contributed by atoms with van der Waals surface area (Å²) in [5, 5.41) is 9.54. The van der Waals surface area contributed by atoms with Gasteiger partial charge in [-0.05, 0) is 25.9 Å². The van der Waals surface area contributed by atoms with Crippen molar-refractivity contribution in [3.05, 3.63) is 12.2 Å². The van der Waals surface area contributed by atoms with Crippen LogP contribution in [0.4, 0.5) is 0 Å². The predicted molar refractivity (Wildman–Crippen MR) is 69.7 cm³/mol. The number of nitrogens with zero attached hydrogens (tertiary/aromatic N) is 2. The number of H-pyrrole nitrogens is 1. The first-order chi connectivity index (χ1) is 8.64. The smallest absolute Gasteiger partial charge is 0.211 e. The quantitative estimate of drug-likeness (QED) is 0.507. The SMILES string of the molecule is CCNCCCCS(=O)(=O)NCCc1ncn[nH]1. The van der Waals surface area contributed by atoms with E-state index < -0.39 is 10.0 Å². The molecule has 0 saturated carbocycles. The molecule has 0 bridgehead atoms. The van der Waals surface area contributed by atoms with E-state index in [0.717, 1.165) is 19.5 Å². The van der Waals surface area contributed by atoms with Crippen LogP contribution in [0.5, 0.6) is 0 Å². The van der Waals surface area contributed by atoms with Crippen molar-refractivity contribution in [3.63, 3.8) is 0 Å². The highest BCUT2D eigenvalue weighted by Gasteiger charge is 2.09. The normalized spacial score (nSPS) is 11.8. The zero-order valence-electron chi connectivity index (χ0n) is 10.6. The second-order valence-electron chi connectivity index (χ2n) is 3.96. The van der Waals surface area contributed by atoms with Gasteiger partial charge in [-0.2, -0.15) is 5.10 Å². The summed E-state index contributed by atoms with van der Waals surface area (Å²) in [5.74, 6) is 0.860. The van der Waals surface area contributed by atoms with E-state index in [4.69, 9.17) is 0 Å². The summed E-state index contributed by atoms with van der Waals surface area (Å²) < 4.78 is 25.8. The van der Waals surface area contributed by atoms with Crippen LogP contribution in [0, 0.1) is 0 Å². The molecule has 3 N–H and O–H groups in total. The number of hydrogen-bond acceptors (Lipinski definition) is 5. The number of nitrogens with one attached hydrogen (secondary N) is 3. The number of rotatable bonds is 10. The summed E-state index contributed by atoms with van der Waals surface area (Å²) in [5.41, 5.74) is 0. The van der Waals surface area contributed by atoms with Gasteiger partial charge >= 0.3 is 0 Å². The summed E-state index contributed by atoms with van der Waals surface area (Å²) in [6.07, 6.45) is 3.47. The van der Waals surface area contributed by atoms with Gasteiger partial charge in [-0.25, -0.2) is 18.1 Å². The predicted octanol–water partition coefficient (Wildman–Crippen LogP) is -0.344. The lowest BCUT2D eigenvalue weighted by molar-refractivity contribution is 0.574. The van der Waals surface area contributed by atoms with Gasteiger partial charge in [-0.1, -0.05) is 6.92 Å². The highest BCUT2D eigenvalue weighted by atomic mass is 32.2. The molecule has 1 aromatic rings. The van der Waals surface area contributed by atoms with E-state index in [9.17, 15) is 8.42 Å². The van der Waals surface area contributed by atoms with Crippen LogP contribution in [-0.4, -0.2) is 49.0 Å². The summed E-state index contributed by atoms with van der Waals surface area (Å²) in [6.45, 7) is 4.17. The third-order valence-corrected chi connectivity index (χ3v) is 3.89. The van der Waals surface area contributed by atoms with Gasteiger partial charge in [-0.3, -0.25) is 5.10 Å². The van der Waals surface area contributed by atoms with E-state index in [2.05, 4.69) is 25.2 Å². The average Bonchev–Trinajstić information content (AvgIpc) is 2.81. The highest BCUT2D eigenvalue weighted by Crippen LogP contribution is 1.94. The average molecular weight is 275 g/mol. The maximum absolute atomic E-state index is 11.6. The van der Waals surface area contributed by atoms with E-state index in [0.29, 0.717) is 25.2 Å². The second-order valence-corrected chi connectivity index (χ2v) is 5.88. The van der Waals surface area contributed by atoms with Crippen molar-refractivity contribution in [1.82, 2.24) is 25.2 Å².